The number of aromatic nitrogens is 3. The Bertz CT molecular complexity index is 1520. The van der Waals surface area contributed by atoms with Crippen molar-refractivity contribution in [2.75, 3.05) is 0 Å². The van der Waals surface area contributed by atoms with Crippen LogP contribution in [0.2, 0.25) is 0 Å². The van der Waals surface area contributed by atoms with Gasteiger partial charge in [-0.15, -0.1) is 0 Å². The van der Waals surface area contributed by atoms with Gasteiger partial charge in [0.2, 0.25) is 5.88 Å². The van der Waals surface area contributed by atoms with Crippen molar-refractivity contribution < 1.29 is 18.7 Å². The molecule has 0 spiro atoms. The fourth-order valence-electron chi connectivity index (χ4n) is 5.03. The molecule has 1 aliphatic rings. The Morgan fingerprint density at radius 2 is 1.63 bits per heavy atom. The highest BCUT2D eigenvalue weighted by molar-refractivity contribution is 5.96. The van der Waals surface area contributed by atoms with Crippen LogP contribution in [0.4, 0.5) is 4.39 Å². The molecule has 2 N–H and O–H groups in total. The number of halogens is 1. The smallest absolute Gasteiger partial charge is 0.272 e. The zero-order valence-corrected chi connectivity index (χ0v) is 23.5. The van der Waals surface area contributed by atoms with E-state index in [0.717, 1.165) is 35.5 Å². The average Bonchev–Trinajstić information content (AvgIpc) is 3.33. The van der Waals surface area contributed by atoms with Gasteiger partial charge in [-0.05, 0) is 80.0 Å². The predicted molar refractivity (Wildman–Crippen MR) is 154 cm³/mol. The molecule has 212 valence electrons. The van der Waals surface area contributed by atoms with Crippen LogP contribution in [0.15, 0.2) is 66.9 Å². The van der Waals surface area contributed by atoms with E-state index in [9.17, 15) is 14.0 Å². The number of nitrogens with zero attached hydrogens (tertiary/aromatic N) is 3. The van der Waals surface area contributed by atoms with Gasteiger partial charge in [-0.1, -0.05) is 43.3 Å². The first-order valence-corrected chi connectivity index (χ1v) is 13.9. The van der Waals surface area contributed by atoms with Crippen LogP contribution in [-0.4, -0.2) is 38.7 Å². The summed E-state index contributed by atoms with van der Waals surface area (Å²) in [6.07, 6.45) is 4.77. The molecule has 0 saturated heterocycles. The van der Waals surface area contributed by atoms with E-state index < -0.39 is 11.7 Å². The van der Waals surface area contributed by atoms with Crippen LogP contribution in [-0.2, 0) is 13.5 Å². The number of hydrogen-bond acceptors (Lipinski definition) is 5. The molecule has 0 unspecified atom stereocenters. The molecule has 1 fully saturated rings. The summed E-state index contributed by atoms with van der Waals surface area (Å²) in [5.74, 6) is -0.738. The Morgan fingerprint density at radius 3 is 2.27 bits per heavy atom. The summed E-state index contributed by atoms with van der Waals surface area (Å²) in [6, 6.07) is 18.6. The summed E-state index contributed by atoms with van der Waals surface area (Å²) in [5, 5.41) is 10.3. The zero-order valence-electron chi connectivity index (χ0n) is 23.5. The van der Waals surface area contributed by atoms with Crippen LogP contribution in [0.1, 0.15) is 64.7 Å². The minimum absolute atomic E-state index is 0.00172. The van der Waals surface area contributed by atoms with Crippen LogP contribution in [0.5, 0.6) is 11.6 Å². The topological polar surface area (TPSA) is 98.1 Å². The third-order valence-electron chi connectivity index (χ3n) is 7.55. The van der Waals surface area contributed by atoms with Crippen molar-refractivity contribution in [2.45, 2.75) is 58.0 Å². The second kappa shape index (κ2) is 12.3. The predicted octanol–water partition coefficient (Wildman–Crippen LogP) is 5.76. The lowest BCUT2D eigenvalue weighted by Crippen LogP contribution is -2.44. The molecule has 9 heteroatoms. The zero-order chi connectivity index (χ0) is 28.9. The number of carbonyl (C=O) groups is 2. The van der Waals surface area contributed by atoms with Crippen molar-refractivity contribution in [3.8, 4) is 22.8 Å². The fourth-order valence-corrected chi connectivity index (χ4v) is 5.03. The van der Waals surface area contributed by atoms with E-state index in [2.05, 4.69) is 51.9 Å². The molecular formula is C32H34FN5O3. The van der Waals surface area contributed by atoms with Crippen LogP contribution in [0.3, 0.4) is 0 Å². The molecule has 5 rings (SSSR count). The maximum atomic E-state index is 14.2. The normalized spacial score (nSPS) is 16.7. The Balaban J connectivity index is 1.21. The Kier molecular flexibility index (Phi) is 8.42. The van der Waals surface area contributed by atoms with Gasteiger partial charge < -0.3 is 15.4 Å². The van der Waals surface area contributed by atoms with Gasteiger partial charge in [-0.2, -0.15) is 5.10 Å². The molecule has 41 heavy (non-hydrogen) atoms. The van der Waals surface area contributed by atoms with Crippen molar-refractivity contribution >= 4 is 11.8 Å². The largest absolute Gasteiger partial charge is 0.438 e. The molecule has 0 atom stereocenters. The lowest BCUT2D eigenvalue weighted by Gasteiger charge is -2.29. The third-order valence-corrected chi connectivity index (χ3v) is 7.55. The van der Waals surface area contributed by atoms with E-state index in [0.29, 0.717) is 37.1 Å². The summed E-state index contributed by atoms with van der Waals surface area (Å²) >= 11 is 0. The molecule has 1 aliphatic carbocycles. The molecular weight excluding hydrogens is 521 g/mol. The highest BCUT2D eigenvalue weighted by Crippen LogP contribution is 2.29. The maximum Gasteiger partial charge on any atom is 0.272 e. The van der Waals surface area contributed by atoms with Crippen molar-refractivity contribution in [1.29, 1.82) is 0 Å². The van der Waals surface area contributed by atoms with E-state index in [1.807, 2.05) is 25.1 Å². The third kappa shape index (κ3) is 6.80. The number of carbonyl (C=O) groups excluding carboxylic acids is 2. The summed E-state index contributed by atoms with van der Waals surface area (Å²) in [6.45, 7) is 4.01. The number of nitrogens with one attached hydrogen (secondary N) is 2. The number of amides is 2. The molecule has 8 nitrogen and oxygen atoms in total. The molecule has 1 saturated carbocycles. The van der Waals surface area contributed by atoms with Crippen LogP contribution in [0, 0.1) is 12.7 Å². The summed E-state index contributed by atoms with van der Waals surface area (Å²) in [5.41, 5.74) is 4.59. The Labute approximate surface area is 239 Å². The molecule has 0 radical (unpaired) electrons. The summed E-state index contributed by atoms with van der Waals surface area (Å²) < 4.78 is 21.8. The van der Waals surface area contributed by atoms with E-state index in [-0.39, 0.29) is 29.4 Å². The van der Waals surface area contributed by atoms with Gasteiger partial charge in [0, 0.05) is 24.8 Å². The molecule has 2 heterocycles. The monoisotopic (exact) mass is 555 g/mol. The first-order valence-electron chi connectivity index (χ1n) is 13.9. The minimum Gasteiger partial charge on any atom is -0.438 e. The van der Waals surface area contributed by atoms with Crippen LogP contribution < -0.4 is 15.4 Å². The number of aryl methyl sites for hydroxylation is 3. The standard InChI is InChI=1S/C32H34FN5O3/c1-4-21-8-10-22(11-9-21)23-6-5-7-27(17-23)41-32-28(18-24(33)19-34-32)30(39)35-25-12-14-26(15-13-25)36-31(40)29-16-20(2)38(3)37-29/h5-11,16-19,25-26H,4,12-15H2,1-3H3,(H,35,39)(H,36,40). The van der Waals surface area contributed by atoms with Gasteiger partial charge >= 0.3 is 0 Å². The van der Waals surface area contributed by atoms with Gasteiger partial charge in [0.25, 0.3) is 11.8 Å². The number of pyridine rings is 1. The molecule has 2 aromatic heterocycles. The van der Waals surface area contributed by atoms with E-state index in [4.69, 9.17) is 4.74 Å². The van der Waals surface area contributed by atoms with Gasteiger partial charge in [-0.3, -0.25) is 14.3 Å². The molecule has 2 amide bonds. The number of benzene rings is 2. The quantitative estimate of drug-likeness (QED) is 0.288. The molecule has 2 aromatic carbocycles. The Morgan fingerprint density at radius 1 is 0.951 bits per heavy atom. The first-order chi connectivity index (χ1) is 19.8. The molecule has 0 aliphatic heterocycles. The highest BCUT2D eigenvalue weighted by atomic mass is 19.1. The average molecular weight is 556 g/mol. The summed E-state index contributed by atoms with van der Waals surface area (Å²) in [4.78, 5) is 29.9. The first kappa shape index (κ1) is 28.0. The SMILES string of the molecule is CCc1ccc(-c2cccc(Oc3ncc(F)cc3C(=O)NC3CCC(NC(=O)c4cc(C)n(C)n4)CC3)c2)cc1. The second-order valence-electron chi connectivity index (χ2n) is 10.5. The minimum atomic E-state index is -0.622. The second-order valence-corrected chi connectivity index (χ2v) is 10.5. The van der Waals surface area contributed by atoms with Crippen LogP contribution >= 0.6 is 0 Å². The lowest BCUT2D eigenvalue weighted by atomic mass is 9.91. The fraction of sp³-hybridized carbons (Fsp3) is 0.312. The molecule has 4 aromatic rings. The van der Waals surface area contributed by atoms with E-state index in [1.54, 1.807) is 23.9 Å². The highest BCUT2D eigenvalue weighted by Gasteiger charge is 2.26. The van der Waals surface area contributed by atoms with Crippen molar-refractivity contribution in [3.63, 3.8) is 0 Å². The van der Waals surface area contributed by atoms with Crippen molar-refractivity contribution in [3.05, 3.63) is 95.2 Å². The van der Waals surface area contributed by atoms with E-state index in [1.165, 1.54) is 5.56 Å². The Hall–Kier alpha value is -4.53. The number of ether oxygens (including phenoxy) is 1. The lowest BCUT2D eigenvalue weighted by molar-refractivity contribution is 0.0887. The number of rotatable bonds is 8. The van der Waals surface area contributed by atoms with Crippen molar-refractivity contribution in [1.82, 2.24) is 25.4 Å². The maximum absolute atomic E-state index is 14.2. The van der Waals surface area contributed by atoms with Gasteiger partial charge in [-0.25, -0.2) is 9.37 Å². The molecule has 0 bridgehead atoms. The summed E-state index contributed by atoms with van der Waals surface area (Å²) in [7, 11) is 1.80. The van der Waals surface area contributed by atoms with E-state index >= 15 is 0 Å². The van der Waals surface area contributed by atoms with Gasteiger partial charge in [0.15, 0.2) is 0 Å². The van der Waals surface area contributed by atoms with Gasteiger partial charge in [0.1, 0.15) is 22.8 Å². The number of hydrogen-bond donors (Lipinski definition) is 2. The van der Waals surface area contributed by atoms with Gasteiger partial charge in [0.05, 0.1) is 6.20 Å². The van der Waals surface area contributed by atoms with Crippen LogP contribution in [0.25, 0.3) is 11.1 Å². The van der Waals surface area contributed by atoms with Crippen molar-refractivity contribution in [2.24, 2.45) is 7.05 Å².